The highest BCUT2D eigenvalue weighted by Crippen LogP contribution is 2.32. The molecule has 0 fully saturated rings. The molecule has 0 aliphatic heterocycles. The van der Waals surface area contributed by atoms with Crippen LogP contribution in [0.2, 0.25) is 0 Å². The van der Waals surface area contributed by atoms with E-state index >= 15 is 0 Å². The molecule has 0 radical (unpaired) electrons. The predicted molar refractivity (Wildman–Crippen MR) is 79.5 cm³/mol. The number of alkyl halides is 3. The van der Waals surface area contributed by atoms with Crippen LogP contribution in [0.15, 0.2) is 18.2 Å². The monoisotopic (exact) mass is 346 g/mol. The molecule has 9 heteroatoms. The molecule has 1 unspecified atom stereocenters. The first-order valence-electron chi connectivity index (χ1n) is 6.95. The Morgan fingerprint density at radius 2 is 1.71 bits per heavy atom. The van der Waals surface area contributed by atoms with Gasteiger partial charge in [0.25, 0.3) is 5.91 Å². The molecule has 0 bridgehead atoms. The number of nitrogens with one attached hydrogen (secondary N) is 2. The molecule has 0 aliphatic rings. The van der Waals surface area contributed by atoms with Crippen molar-refractivity contribution in [3.63, 3.8) is 0 Å². The van der Waals surface area contributed by atoms with E-state index in [0.717, 1.165) is 13.0 Å². The van der Waals surface area contributed by atoms with Crippen LogP contribution < -0.4 is 10.6 Å². The molecule has 1 rings (SSSR count). The maximum atomic E-state index is 12.9. The van der Waals surface area contributed by atoms with Gasteiger partial charge in [-0.1, -0.05) is 13.8 Å². The van der Waals surface area contributed by atoms with Crippen LogP contribution in [0.4, 0.5) is 18.9 Å². The Hall–Kier alpha value is -2.58. The number of carboxylic acid groups (broad SMARTS) is 1. The second kappa shape index (κ2) is 7.33. The average Bonchev–Trinajstić information content (AvgIpc) is 2.41. The van der Waals surface area contributed by atoms with Crippen molar-refractivity contribution in [3.05, 3.63) is 29.3 Å². The molecule has 2 amide bonds. The number of carbonyl (C=O) groups excluding carboxylic acids is 2. The van der Waals surface area contributed by atoms with Gasteiger partial charge in [-0.2, -0.15) is 13.2 Å². The van der Waals surface area contributed by atoms with Gasteiger partial charge in [-0.05, 0) is 24.1 Å². The van der Waals surface area contributed by atoms with E-state index in [2.05, 4.69) is 10.6 Å². The van der Waals surface area contributed by atoms with Gasteiger partial charge in [0.15, 0.2) is 0 Å². The van der Waals surface area contributed by atoms with Crippen LogP contribution in [-0.2, 0) is 15.8 Å². The summed E-state index contributed by atoms with van der Waals surface area (Å²) in [6, 6.07) is 1.08. The Bertz CT molecular complexity index is 657. The van der Waals surface area contributed by atoms with Crippen LogP contribution in [0, 0.1) is 5.92 Å². The maximum absolute atomic E-state index is 12.9. The van der Waals surface area contributed by atoms with Crippen molar-refractivity contribution in [2.75, 3.05) is 5.32 Å². The van der Waals surface area contributed by atoms with E-state index in [0.29, 0.717) is 12.1 Å². The molecule has 0 aliphatic carbocycles. The molecule has 0 saturated carbocycles. The number of aliphatic carboxylic acids is 1. The number of hydrogen-bond donors (Lipinski definition) is 3. The van der Waals surface area contributed by atoms with Gasteiger partial charge in [0.05, 0.1) is 5.56 Å². The lowest BCUT2D eigenvalue weighted by molar-refractivity contribution is -0.140. The number of hydrogen-bond acceptors (Lipinski definition) is 3. The van der Waals surface area contributed by atoms with E-state index in [1.54, 1.807) is 13.8 Å². The van der Waals surface area contributed by atoms with Gasteiger partial charge in [-0.15, -0.1) is 0 Å². The van der Waals surface area contributed by atoms with Crippen LogP contribution in [0.25, 0.3) is 0 Å². The molecule has 1 aromatic rings. The molecule has 1 aromatic carbocycles. The van der Waals surface area contributed by atoms with Crippen LogP contribution >= 0.6 is 0 Å². The summed E-state index contributed by atoms with van der Waals surface area (Å²) in [4.78, 5) is 34.3. The van der Waals surface area contributed by atoms with Crippen molar-refractivity contribution in [3.8, 4) is 0 Å². The predicted octanol–water partition coefficient (Wildman–Crippen LogP) is 2.50. The highest BCUT2D eigenvalue weighted by molar-refractivity contribution is 5.98. The van der Waals surface area contributed by atoms with Crippen LogP contribution in [0.1, 0.15) is 36.7 Å². The first-order valence-corrected chi connectivity index (χ1v) is 6.95. The SMILES string of the molecule is CC(=O)Nc1cc(C(=O)NC(C(=O)O)C(C)C)cc(C(F)(F)F)c1. The van der Waals surface area contributed by atoms with E-state index in [9.17, 15) is 27.6 Å². The van der Waals surface area contributed by atoms with E-state index in [1.807, 2.05) is 0 Å². The Balaban J connectivity index is 3.23. The number of carbonyl (C=O) groups is 3. The van der Waals surface area contributed by atoms with Crippen LogP contribution in [-0.4, -0.2) is 28.9 Å². The van der Waals surface area contributed by atoms with Crippen LogP contribution in [0.3, 0.4) is 0 Å². The summed E-state index contributed by atoms with van der Waals surface area (Å²) in [6.07, 6.45) is -4.73. The molecule has 0 saturated heterocycles. The molecule has 6 nitrogen and oxygen atoms in total. The van der Waals surface area contributed by atoms with Gasteiger partial charge >= 0.3 is 12.1 Å². The van der Waals surface area contributed by atoms with Crippen molar-refractivity contribution in [1.29, 1.82) is 0 Å². The van der Waals surface area contributed by atoms with Gasteiger partial charge in [-0.3, -0.25) is 9.59 Å². The Morgan fingerprint density at radius 1 is 1.12 bits per heavy atom. The Morgan fingerprint density at radius 3 is 2.12 bits per heavy atom. The van der Waals surface area contributed by atoms with Crippen molar-refractivity contribution in [2.45, 2.75) is 33.0 Å². The zero-order chi connectivity index (χ0) is 18.7. The summed E-state index contributed by atoms with van der Waals surface area (Å²) in [5, 5.41) is 13.4. The number of carboxylic acids is 1. The van der Waals surface area contributed by atoms with E-state index in [1.165, 1.54) is 0 Å². The lowest BCUT2D eigenvalue weighted by Gasteiger charge is -2.19. The molecule has 0 heterocycles. The number of anilines is 1. The quantitative estimate of drug-likeness (QED) is 0.763. The van der Waals surface area contributed by atoms with Gasteiger partial charge in [0, 0.05) is 18.2 Å². The third-order valence-electron chi connectivity index (χ3n) is 3.06. The van der Waals surface area contributed by atoms with E-state index in [-0.39, 0.29) is 5.69 Å². The van der Waals surface area contributed by atoms with Crippen molar-refractivity contribution >= 4 is 23.5 Å². The summed E-state index contributed by atoms with van der Waals surface area (Å²) in [5.41, 5.74) is -1.74. The minimum Gasteiger partial charge on any atom is -0.480 e. The van der Waals surface area contributed by atoms with Crippen molar-refractivity contribution in [1.82, 2.24) is 5.32 Å². The highest BCUT2D eigenvalue weighted by Gasteiger charge is 2.32. The zero-order valence-electron chi connectivity index (χ0n) is 13.2. The minimum absolute atomic E-state index is 0.209. The molecule has 132 valence electrons. The zero-order valence-corrected chi connectivity index (χ0v) is 13.2. The normalized spacial score (nSPS) is 12.6. The summed E-state index contributed by atoms with van der Waals surface area (Å²) in [5.74, 6) is -3.35. The maximum Gasteiger partial charge on any atom is 0.416 e. The smallest absolute Gasteiger partial charge is 0.416 e. The number of halogens is 3. The first-order chi connectivity index (χ1) is 10.9. The highest BCUT2D eigenvalue weighted by atomic mass is 19.4. The van der Waals surface area contributed by atoms with E-state index in [4.69, 9.17) is 5.11 Å². The average molecular weight is 346 g/mol. The fourth-order valence-corrected chi connectivity index (χ4v) is 1.94. The third kappa shape index (κ3) is 5.25. The van der Waals surface area contributed by atoms with Gasteiger partial charge in [0.2, 0.25) is 5.91 Å². The Labute approximate surface area is 136 Å². The number of rotatable bonds is 5. The molecule has 0 aromatic heterocycles. The van der Waals surface area contributed by atoms with Crippen molar-refractivity contribution in [2.24, 2.45) is 5.92 Å². The third-order valence-corrected chi connectivity index (χ3v) is 3.06. The molecule has 1 atom stereocenters. The minimum atomic E-state index is -4.73. The van der Waals surface area contributed by atoms with Crippen LogP contribution in [0.5, 0.6) is 0 Å². The van der Waals surface area contributed by atoms with Crippen molar-refractivity contribution < 1.29 is 32.7 Å². The number of amides is 2. The lowest BCUT2D eigenvalue weighted by atomic mass is 10.0. The standard InChI is InChI=1S/C15H17F3N2O4/c1-7(2)12(14(23)24)20-13(22)9-4-10(15(16,17)18)6-11(5-9)19-8(3)21/h4-7,12H,1-3H3,(H,19,21)(H,20,22)(H,23,24). The van der Waals surface area contributed by atoms with Gasteiger partial charge < -0.3 is 15.7 Å². The largest absolute Gasteiger partial charge is 0.480 e. The number of benzene rings is 1. The summed E-state index contributed by atoms with van der Waals surface area (Å²) in [6.45, 7) is 4.21. The van der Waals surface area contributed by atoms with E-state index < -0.39 is 47.0 Å². The Kier molecular flexibility index (Phi) is 5.94. The fourth-order valence-electron chi connectivity index (χ4n) is 1.94. The second-order valence-corrected chi connectivity index (χ2v) is 5.51. The first kappa shape index (κ1) is 19.5. The summed E-state index contributed by atoms with van der Waals surface area (Å²) >= 11 is 0. The molecule has 24 heavy (non-hydrogen) atoms. The summed E-state index contributed by atoms with van der Waals surface area (Å²) in [7, 11) is 0. The fraction of sp³-hybridized carbons (Fsp3) is 0.400. The molecule has 0 spiro atoms. The lowest BCUT2D eigenvalue weighted by Crippen LogP contribution is -2.44. The molecular formula is C15H17F3N2O4. The second-order valence-electron chi connectivity index (χ2n) is 5.51. The van der Waals surface area contributed by atoms with Gasteiger partial charge in [0.1, 0.15) is 6.04 Å². The van der Waals surface area contributed by atoms with Gasteiger partial charge in [-0.25, -0.2) is 4.79 Å². The topological polar surface area (TPSA) is 95.5 Å². The molecular weight excluding hydrogens is 329 g/mol. The summed E-state index contributed by atoms with van der Waals surface area (Å²) < 4.78 is 38.8. The molecule has 3 N–H and O–H groups in total.